The lowest BCUT2D eigenvalue weighted by Gasteiger charge is -2.17. The third kappa shape index (κ3) is 2.20. The fraction of sp³-hybridized carbons (Fsp3) is 0.400. The molecule has 0 bridgehead atoms. The smallest absolute Gasteiger partial charge is 0.0704 e. The predicted octanol–water partition coefficient (Wildman–Crippen LogP) is 0.958. The standard InChI is InChI=1S/C10H16N2O/c1-6-5-8(11)3-4-9(6)10(12)7(2)13/h3-5,7,10,13H,11-12H2,1-2H3/t7-,10-/m1/s1. The normalized spacial score (nSPS) is 15.4. The summed E-state index contributed by atoms with van der Waals surface area (Å²) >= 11 is 0. The first-order valence-electron chi connectivity index (χ1n) is 4.32. The van der Waals surface area contributed by atoms with Gasteiger partial charge in [-0.3, -0.25) is 0 Å². The van der Waals surface area contributed by atoms with Crippen LogP contribution in [0.5, 0.6) is 0 Å². The van der Waals surface area contributed by atoms with E-state index in [1.54, 1.807) is 13.0 Å². The van der Waals surface area contributed by atoms with Gasteiger partial charge in [-0.15, -0.1) is 0 Å². The molecule has 72 valence electrons. The molecule has 5 N–H and O–H groups in total. The number of hydrogen-bond donors (Lipinski definition) is 3. The Morgan fingerprint density at radius 1 is 1.38 bits per heavy atom. The van der Waals surface area contributed by atoms with Crippen molar-refractivity contribution in [3.8, 4) is 0 Å². The second-order valence-electron chi connectivity index (χ2n) is 3.38. The molecule has 1 aromatic carbocycles. The maximum atomic E-state index is 9.31. The lowest BCUT2D eigenvalue weighted by atomic mass is 9.98. The molecular weight excluding hydrogens is 164 g/mol. The van der Waals surface area contributed by atoms with Crippen LogP contribution in [0, 0.1) is 6.92 Å². The fourth-order valence-electron chi connectivity index (χ4n) is 1.33. The zero-order chi connectivity index (χ0) is 10.0. The molecule has 0 aliphatic heterocycles. The summed E-state index contributed by atoms with van der Waals surface area (Å²) in [5, 5.41) is 9.31. The Balaban J connectivity index is 3.01. The van der Waals surface area contributed by atoms with Gasteiger partial charge in [0.2, 0.25) is 0 Å². The van der Waals surface area contributed by atoms with Crippen molar-refractivity contribution in [2.45, 2.75) is 26.0 Å². The van der Waals surface area contributed by atoms with E-state index in [4.69, 9.17) is 11.5 Å². The van der Waals surface area contributed by atoms with Crippen molar-refractivity contribution < 1.29 is 5.11 Å². The fourth-order valence-corrected chi connectivity index (χ4v) is 1.33. The summed E-state index contributed by atoms with van der Waals surface area (Å²) < 4.78 is 0. The summed E-state index contributed by atoms with van der Waals surface area (Å²) in [6, 6.07) is 5.19. The molecule has 3 heteroatoms. The van der Waals surface area contributed by atoms with Crippen LogP contribution in [0.15, 0.2) is 18.2 Å². The van der Waals surface area contributed by atoms with Crippen LogP contribution >= 0.6 is 0 Å². The SMILES string of the molecule is Cc1cc(N)ccc1[C@H](N)[C@@H](C)O. The Hall–Kier alpha value is -1.06. The van der Waals surface area contributed by atoms with Crippen LogP contribution in [-0.4, -0.2) is 11.2 Å². The molecule has 0 saturated heterocycles. The molecule has 0 heterocycles. The summed E-state index contributed by atoms with van der Waals surface area (Å²) in [6.07, 6.45) is -0.540. The molecule has 1 aromatic rings. The zero-order valence-corrected chi connectivity index (χ0v) is 7.99. The van der Waals surface area contributed by atoms with Crippen LogP contribution in [0.1, 0.15) is 24.1 Å². The zero-order valence-electron chi connectivity index (χ0n) is 7.99. The number of nitrogens with two attached hydrogens (primary N) is 2. The van der Waals surface area contributed by atoms with E-state index in [9.17, 15) is 5.11 Å². The summed E-state index contributed by atoms with van der Waals surface area (Å²) in [5.74, 6) is 0. The largest absolute Gasteiger partial charge is 0.399 e. The highest BCUT2D eigenvalue weighted by atomic mass is 16.3. The second kappa shape index (κ2) is 3.77. The van der Waals surface area contributed by atoms with Gasteiger partial charge in [-0.25, -0.2) is 0 Å². The molecular formula is C10H16N2O. The molecule has 0 aromatic heterocycles. The molecule has 0 fully saturated rings. The van der Waals surface area contributed by atoms with E-state index >= 15 is 0 Å². The minimum Gasteiger partial charge on any atom is -0.399 e. The van der Waals surface area contributed by atoms with E-state index in [0.717, 1.165) is 16.8 Å². The van der Waals surface area contributed by atoms with E-state index in [2.05, 4.69) is 0 Å². The Labute approximate surface area is 78.4 Å². The first-order valence-corrected chi connectivity index (χ1v) is 4.32. The van der Waals surface area contributed by atoms with E-state index in [1.807, 2.05) is 19.1 Å². The molecule has 3 nitrogen and oxygen atoms in total. The highest BCUT2D eigenvalue weighted by Crippen LogP contribution is 2.20. The first-order chi connectivity index (χ1) is 6.02. The van der Waals surface area contributed by atoms with Gasteiger partial charge >= 0.3 is 0 Å². The Bertz CT molecular complexity index is 297. The van der Waals surface area contributed by atoms with Crippen LogP contribution in [0.3, 0.4) is 0 Å². The lowest BCUT2D eigenvalue weighted by molar-refractivity contribution is 0.164. The van der Waals surface area contributed by atoms with E-state index in [-0.39, 0.29) is 6.04 Å². The molecule has 13 heavy (non-hydrogen) atoms. The van der Waals surface area contributed by atoms with Crippen molar-refractivity contribution in [3.05, 3.63) is 29.3 Å². The molecule has 0 saturated carbocycles. The molecule has 0 radical (unpaired) electrons. The van der Waals surface area contributed by atoms with Gasteiger partial charge in [-0.1, -0.05) is 6.07 Å². The van der Waals surface area contributed by atoms with Crippen LogP contribution in [0.25, 0.3) is 0 Å². The van der Waals surface area contributed by atoms with Crippen LogP contribution in [0.2, 0.25) is 0 Å². The highest BCUT2D eigenvalue weighted by Gasteiger charge is 2.13. The number of hydrogen-bond acceptors (Lipinski definition) is 3. The van der Waals surface area contributed by atoms with Gasteiger partial charge in [-0.2, -0.15) is 0 Å². The van der Waals surface area contributed by atoms with Gasteiger partial charge in [0.1, 0.15) is 0 Å². The highest BCUT2D eigenvalue weighted by molar-refractivity contribution is 5.45. The minimum absolute atomic E-state index is 0.333. The molecule has 2 atom stereocenters. The average molecular weight is 180 g/mol. The van der Waals surface area contributed by atoms with Gasteiger partial charge in [0.05, 0.1) is 12.1 Å². The predicted molar refractivity (Wildman–Crippen MR) is 54.2 cm³/mol. The van der Waals surface area contributed by atoms with E-state index < -0.39 is 6.10 Å². The van der Waals surface area contributed by atoms with Crippen molar-refractivity contribution >= 4 is 5.69 Å². The molecule has 0 amide bonds. The number of nitrogen functional groups attached to an aromatic ring is 1. The number of rotatable bonds is 2. The molecule has 0 unspecified atom stereocenters. The summed E-state index contributed by atoms with van der Waals surface area (Å²) in [7, 11) is 0. The monoisotopic (exact) mass is 180 g/mol. The van der Waals surface area contributed by atoms with E-state index in [1.165, 1.54) is 0 Å². The molecule has 0 spiro atoms. The van der Waals surface area contributed by atoms with Gasteiger partial charge in [-0.05, 0) is 37.1 Å². The third-order valence-electron chi connectivity index (χ3n) is 2.17. The number of benzene rings is 1. The lowest BCUT2D eigenvalue weighted by Crippen LogP contribution is -2.23. The molecule has 1 rings (SSSR count). The van der Waals surface area contributed by atoms with Gasteiger partial charge in [0.25, 0.3) is 0 Å². The average Bonchev–Trinajstić information content (AvgIpc) is 2.03. The Kier molecular flexibility index (Phi) is 2.90. The van der Waals surface area contributed by atoms with E-state index in [0.29, 0.717) is 0 Å². The van der Waals surface area contributed by atoms with Crippen molar-refractivity contribution in [2.75, 3.05) is 5.73 Å². The van der Waals surface area contributed by atoms with Gasteiger partial charge in [0, 0.05) is 5.69 Å². The van der Waals surface area contributed by atoms with Gasteiger partial charge < -0.3 is 16.6 Å². The number of aliphatic hydroxyl groups excluding tert-OH is 1. The van der Waals surface area contributed by atoms with Crippen molar-refractivity contribution in [3.63, 3.8) is 0 Å². The number of anilines is 1. The molecule has 0 aliphatic carbocycles. The van der Waals surface area contributed by atoms with Crippen molar-refractivity contribution in [1.29, 1.82) is 0 Å². The summed E-state index contributed by atoms with van der Waals surface area (Å²) in [5.41, 5.74) is 14.1. The second-order valence-corrected chi connectivity index (χ2v) is 3.38. The quantitative estimate of drug-likeness (QED) is 0.593. The first kappa shape index (κ1) is 10.0. The third-order valence-corrected chi connectivity index (χ3v) is 2.17. The van der Waals surface area contributed by atoms with Crippen molar-refractivity contribution in [2.24, 2.45) is 5.73 Å². The van der Waals surface area contributed by atoms with Crippen LogP contribution in [-0.2, 0) is 0 Å². The maximum Gasteiger partial charge on any atom is 0.0704 e. The number of aliphatic hydroxyl groups is 1. The van der Waals surface area contributed by atoms with Crippen molar-refractivity contribution in [1.82, 2.24) is 0 Å². The van der Waals surface area contributed by atoms with Gasteiger partial charge in [0.15, 0.2) is 0 Å². The minimum atomic E-state index is -0.540. The summed E-state index contributed by atoms with van der Waals surface area (Å²) in [4.78, 5) is 0. The summed E-state index contributed by atoms with van der Waals surface area (Å²) in [6.45, 7) is 3.62. The Morgan fingerprint density at radius 2 is 2.00 bits per heavy atom. The number of aryl methyl sites for hydroxylation is 1. The molecule has 0 aliphatic rings. The Morgan fingerprint density at radius 3 is 2.46 bits per heavy atom. The topological polar surface area (TPSA) is 72.3 Å². The van der Waals surface area contributed by atoms with Crippen LogP contribution in [0.4, 0.5) is 5.69 Å². The maximum absolute atomic E-state index is 9.31. The van der Waals surface area contributed by atoms with Crippen LogP contribution < -0.4 is 11.5 Å².